The van der Waals surface area contributed by atoms with Gasteiger partial charge in [-0.1, -0.05) is 41.6 Å². The Labute approximate surface area is 147 Å². The van der Waals surface area contributed by atoms with Crippen molar-refractivity contribution in [2.45, 2.75) is 4.90 Å². The summed E-state index contributed by atoms with van der Waals surface area (Å²) in [5.74, 6) is -0.773. The average molecular weight is 378 g/mol. The maximum absolute atomic E-state index is 12.5. The fraction of sp³-hybridized carbons (Fsp3) is 0. The van der Waals surface area contributed by atoms with Gasteiger partial charge in [0.1, 0.15) is 16.3 Å². The molecular weight excluding hydrogens is 368 g/mol. The minimum absolute atomic E-state index is 0.00784. The molecule has 3 aromatic carbocycles. The van der Waals surface area contributed by atoms with E-state index < -0.39 is 20.8 Å². The molecule has 3 rings (SSSR count). The fourth-order valence-corrected chi connectivity index (χ4v) is 3.16. The average Bonchev–Trinajstić information content (AvgIpc) is 2.56. The summed E-state index contributed by atoms with van der Waals surface area (Å²) in [6.07, 6.45) is 0. The van der Waals surface area contributed by atoms with Crippen molar-refractivity contribution < 1.29 is 23.2 Å². The predicted octanol–water partition coefficient (Wildman–Crippen LogP) is 3.93. The van der Waals surface area contributed by atoms with Crippen molar-refractivity contribution >= 4 is 43.9 Å². The summed E-state index contributed by atoms with van der Waals surface area (Å²) in [5, 5.41) is 30.1. The molecule has 2 N–H and O–H groups in total. The zero-order valence-corrected chi connectivity index (χ0v) is 14.0. The highest BCUT2D eigenvalue weighted by Crippen LogP contribution is 2.38. The summed E-state index contributed by atoms with van der Waals surface area (Å²) in [6, 6.07) is 10.9. The summed E-state index contributed by atoms with van der Waals surface area (Å²) >= 11 is 5.81. The van der Waals surface area contributed by atoms with E-state index in [4.69, 9.17) is 11.6 Å². The highest BCUT2D eigenvalue weighted by atomic mass is 35.5. The van der Waals surface area contributed by atoms with Crippen LogP contribution in [0.1, 0.15) is 0 Å². The lowest BCUT2D eigenvalue weighted by Crippen LogP contribution is -2.01. The zero-order valence-electron chi connectivity index (χ0n) is 12.4. The first-order chi connectivity index (χ1) is 11.8. The molecule has 0 heterocycles. The lowest BCUT2D eigenvalue weighted by Gasteiger charge is -2.15. The molecule has 0 unspecified atom stereocenters. The zero-order chi connectivity index (χ0) is 18.2. The topological polar surface area (TPSA) is 122 Å². The Morgan fingerprint density at radius 2 is 1.60 bits per heavy atom. The molecule has 9 heteroatoms. The Hall–Kier alpha value is -2.68. The second kappa shape index (κ2) is 6.32. The first kappa shape index (κ1) is 17.2. The van der Waals surface area contributed by atoms with E-state index in [1.807, 2.05) is 0 Å². The van der Waals surface area contributed by atoms with Gasteiger partial charge in [-0.2, -0.15) is 13.5 Å². The Morgan fingerprint density at radius 3 is 2.28 bits per heavy atom. The normalized spacial score (nSPS) is 12.1. The summed E-state index contributed by atoms with van der Waals surface area (Å²) < 4.78 is 32.6. The number of halogens is 1. The summed E-state index contributed by atoms with van der Waals surface area (Å²) in [7, 11) is -4.58. The van der Waals surface area contributed by atoms with Crippen LogP contribution in [0.15, 0.2) is 63.7 Å². The number of nitrogens with zero attached hydrogens (tertiary/aromatic N) is 2. The molecule has 0 radical (unpaired) electrons. The molecule has 25 heavy (non-hydrogen) atoms. The molecule has 0 bridgehead atoms. The van der Waals surface area contributed by atoms with Crippen molar-refractivity contribution in [2.75, 3.05) is 0 Å². The molecule has 0 aliphatic heterocycles. The van der Waals surface area contributed by atoms with Gasteiger partial charge < -0.3 is 10.2 Å². The van der Waals surface area contributed by atoms with Crippen LogP contribution in [0.3, 0.4) is 0 Å². The molecule has 0 amide bonds. The molecule has 0 atom stereocenters. The van der Waals surface area contributed by atoms with Gasteiger partial charge >= 0.3 is 0 Å². The van der Waals surface area contributed by atoms with E-state index in [2.05, 4.69) is 10.2 Å². The number of benzene rings is 3. The van der Waals surface area contributed by atoms with Gasteiger partial charge in [0.25, 0.3) is 10.1 Å². The Kier molecular flexibility index (Phi) is 4.34. The van der Waals surface area contributed by atoms with E-state index >= 15 is 0 Å². The lowest BCUT2D eigenvalue weighted by atomic mass is 10.1. The molecule has 0 aliphatic rings. The molecule has 0 fully saturated rings. The Bertz CT molecular complexity index is 1110. The number of fused-ring (bicyclic) bond motifs is 1. The maximum atomic E-state index is 12.5. The van der Waals surface area contributed by atoms with Crippen molar-refractivity contribution in [3.05, 3.63) is 53.6 Å². The van der Waals surface area contributed by atoms with Gasteiger partial charge in [-0.15, -0.1) is 5.11 Å². The number of rotatable bonds is 3. The number of phenolic OH excluding ortho intramolecular Hbond substituents is 1. The highest BCUT2D eigenvalue weighted by Gasteiger charge is 2.16. The van der Waals surface area contributed by atoms with Crippen LogP contribution in [-0.4, -0.2) is 18.1 Å². The van der Waals surface area contributed by atoms with E-state index in [1.165, 1.54) is 30.3 Å². The summed E-state index contributed by atoms with van der Waals surface area (Å²) in [4.78, 5) is -0.452. The van der Waals surface area contributed by atoms with Gasteiger partial charge in [0.05, 0.1) is 5.69 Å². The monoisotopic (exact) mass is 377 g/mol. The van der Waals surface area contributed by atoms with Crippen LogP contribution in [-0.2, 0) is 10.1 Å². The van der Waals surface area contributed by atoms with Gasteiger partial charge in [-0.25, -0.2) is 0 Å². The molecule has 0 aromatic heterocycles. The third-order valence-electron chi connectivity index (χ3n) is 3.42. The first-order valence-corrected chi connectivity index (χ1v) is 8.69. The minimum atomic E-state index is -4.58. The summed E-state index contributed by atoms with van der Waals surface area (Å²) in [5.41, 5.74) is -0.292. The molecule has 0 saturated carbocycles. The number of hydrogen-bond acceptors (Lipinski definition) is 6. The first-order valence-electron chi connectivity index (χ1n) is 6.88. The number of aromatic hydroxyl groups is 1. The van der Waals surface area contributed by atoms with E-state index in [1.54, 1.807) is 12.1 Å². The second-order valence-electron chi connectivity index (χ2n) is 5.08. The number of hydrogen-bond donors (Lipinski definition) is 2. The highest BCUT2D eigenvalue weighted by molar-refractivity contribution is 7.86. The van der Waals surface area contributed by atoms with E-state index in [0.717, 1.165) is 6.07 Å². The molecule has 128 valence electrons. The van der Waals surface area contributed by atoms with Crippen LogP contribution in [0.5, 0.6) is 11.5 Å². The van der Waals surface area contributed by atoms with Crippen molar-refractivity contribution in [1.29, 1.82) is 0 Å². The molecule has 3 aromatic rings. The van der Waals surface area contributed by atoms with Crippen LogP contribution in [0.2, 0.25) is 5.02 Å². The largest absolute Gasteiger partial charge is 0.871 e. The standard InChI is InChI=1S/C16H11ClN2O5S/c17-9-5-6-14(20)12(7-9)18-19-13-8-15(25(22,23)24)10-3-1-2-4-11(10)16(13)21/h1-8,20-21H,(H,22,23,24)/p-1. The van der Waals surface area contributed by atoms with Gasteiger partial charge in [0, 0.05) is 10.4 Å². The van der Waals surface area contributed by atoms with Gasteiger partial charge in [0.2, 0.25) is 0 Å². The van der Waals surface area contributed by atoms with Crippen molar-refractivity contribution in [2.24, 2.45) is 10.2 Å². The Balaban J connectivity index is 2.21. The van der Waals surface area contributed by atoms with E-state index in [9.17, 15) is 23.2 Å². The van der Waals surface area contributed by atoms with Gasteiger partial charge in [-0.3, -0.25) is 4.55 Å². The maximum Gasteiger partial charge on any atom is 0.295 e. The molecule has 0 aliphatic carbocycles. The summed E-state index contributed by atoms with van der Waals surface area (Å²) in [6.45, 7) is 0. The second-order valence-corrected chi connectivity index (χ2v) is 6.90. The van der Waals surface area contributed by atoms with Crippen LogP contribution < -0.4 is 5.11 Å². The Morgan fingerprint density at radius 1 is 0.960 bits per heavy atom. The smallest absolute Gasteiger partial charge is 0.295 e. The van der Waals surface area contributed by atoms with Crippen LogP contribution >= 0.6 is 11.6 Å². The van der Waals surface area contributed by atoms with Gasteiger partial charge in [0.15, 0.2) is 0 Å². The SMILES string of the molecule is O=S(=O)(O)c1cc(N=Nc2cc(Cl)ccc2O)c([O-])c2ccccc12. The third kappa shape index (κ3) is 3.41. The van der Waals surface area contributed by atoms with E-state index in [0.29, 0.717) is 5.02 Å². The minimum Gasteiger partial charge on any atom is -0.871 e. The third-order valence-corrected chi connectivity index (χ3v) is 4.55. The molecule has 7 nitrogen and oxygen atoms in total. The van der Waals surface area contributed by atoms with Crippen LogP contribution in [0.4, 0.5) is 11.4 Å². The lowest BCUT2D eigenvalue weighted by molar-refractivity contribution is -0.264. The number of azo groups is 1. The number of phenols is 1. The molecule has 0 saturated heterocycles. The van der Waals surface area contributed by atoms with Gasteiger partial charge in [-0.05, 0) is 29.7 Å². The fourth-order valence-electron chi connectivity index (χ4n) is 2.27. The predicted molar refractivity (Wildman–Crippen MR) is 90.5 cm³/mol. The van der Waals surface area contributed by atoms with E-state index in [-0.39, 0.29) is 27.9 Å². The van der Waals surface area contributed by atoms with Crippen molar-refractivity contribution in [1.82, 2.24) is 0 Å². The van der Waals surface area contributed by atoms with Crippen LogP contribution in [0.25, 0.3) is 10.8 Å². The van der Waals surface area contributed by atoms with Crippen molar-refractivity contribution in [3.8, 4) is 11.5 Å². The van der Waals surface area contributed by atoms with Crippen LogP contribution in [0, 0.1) is 0 Å². The van der Waals surface area contributed by atoms with Crippen molar-refractivity contribution in [3.63, 3.8) is 0 Å². The molecule has 0 spiro atoms. The molecular formula is C16H10ClN2O5S-. The quantitative estimate of drug-likeness (QED) is 0.528.